The Labute approximate surface area is 132 Å². The summed E-state index contributed by atoms with van der Waals surface area (Å²) in [5, 5.41) is 0. The molecule has 0 fully saturated rings. The van der Waals surface area contributed by atoms with Crippen LogP contribution in [0.15, 0.2) is 12.5 Å². The van der Waals surface area contributed by atoms with Crippen molar-refractivity contribution in [1.29, 1.82) is 0 Å². The minimum absolute atomic E-state index is 0.131. The lowest BCUT2D eigenvalue weighted by molar-refractivity contribution is -0.162. The highest BCUT2D eigenvalue weighted by Gasteiger charge is 2.29. The average Bonchev–Trinajstić information content (AvgIpc) is 2.90. The first-order valence-corrected chi connectivity index (χ1v) is 7.33. The number of nitrogens with zero attached hydrogens (tertiary/aromatic N) is 4. The zero-order valence-electron chi connectivity index (χ0n) is 13.1. The summed E-state index contributed by atoms with van der Waals surface area (Å²) in [4.78, 5) is 36.0. The van der Waals surface area contributed by atoms with E-state index in [0.717, 1.165) is 0 Å². The van der Waals surface area contributed by atoms with Crippen molar-refractivity contribution in [1.82, 2.24) is 19.5 Å². The van der Waals surface area contributed by atoms with Crippen molar-refractivity contribution in [2.75, 3.05) is 18.9 Å². The quantitative estimate of drug-likeness (QED) is 0.579. The predicted molar refractivity (Wildman–Crippen MR) is 81.1 cm³/mol. The summed E-state index contributed by atoms with van der Waals surface area (Å²) in [6, 6.07) is 0. The zero-order chi connectivity index (χ0) is 16.8. The van der Waals surface area contributed by atoms with Crippen LogP contribution in [0.3, 0.4) is 0 Å². The molecule has 124 valence electrons. The lowest BCUT2D eigenvalue weighted by Gasteiger charge is -2.14. The first kappa shape index (κ1) is 16.7. The normalized spacial score (nSPS) is 10.9. The van der Waals surface area contributed by atoms with Crippen LogP contribution in [0.5, 0.6) is 0 Å². The standard InChI is InChI=1S/C14H19N5O4/c1-3-22-12(20)9(13(21)23-4-2)5-6-19-8-17-10-7-16-14(15)18-11(10)19/h7-9H,3-6H2,1-2H3,(H2,15,16,18). The van der Waals surface area contributed by atoms with Gasteiger partial charge in [0, 0.05) is 6.54 Å². The number of hydrogen-bond donors (Lipinski definition) is 1. The second-order valence-corrected chi connectivity index (χ2v) is 4.72. The summed E-state index contributed by atoms with van der Waals surface area (Å²) in [6.45, 7) is 4.11. The number of rotatable bonds is 7. The van der Waals surface area contributed by atoms with E-state index in [2.05, 4.69) is 15.0 Å². The molecule has 0 aromatic carbocycles. The highest BCUT2D eigenvalue weighted by atomic mass is 16.6. The fourth-order valence-corrected chi connectivity index (χ4v) is 2.12. The van der Waals surface area contributed by atoms with Gasteiger partial charge in [-0.15, -0.1) is 0 Å². The van der Waals surface area contributed by atoms with Crippen molar-refractivity contribution in [3.05, 3.63) is 12.5 Å². The van der Waals surface area contributed by atoms with Gasteiger partial charge >= 0.3 is 11.9 Å². The summed E-state index contributed by atoms with van der Waals surface area (Å²) in [6.07, 6.45) is 3.29. The van der Waals surface area contributed by atoms with Crippen LogP contribution in [0.25, 0.3) is 11.2 Å². The number of imidazole rings is 1. The Morgan fingerprint density at radius 1 is 1.22 bits per heavy atom. The number of nitrogen functional groups attached to an aromatic ring is 1. The van der Waals surface area contributed by atoms with Gasteiger partial charge in [-0.1, -0.05) is 0 Å². The second kappa shape index (κ2) is 7.52. The van der Waals surface area contributed by atoms with Gasteiger partial charge in [0.2, 0.25) is 5.95 Å². The number of aromatic nitrogens is 4. The third-order valence-corrected chi connectivity index (χ3v) is 3.18. The average molecular weight is 321 g/mol. The molecule has 23 heavy (non-hydrogen) atoms. The van der Waals surface area contributed by atoms with E-state index in [0.29, 0.717) is 17.7 Å². The largest absolute Gasteiger partial charge is 0.465 e. The molecule has 2 aromatic rings. The van der Waals surface area contributed by atoms with Gasteiger partial charge in [0.1, 0.15) is 5.52 Å². The molecule has 0 unspecified atom stereocenters. The Hall–Kier alpha value is -2.71. The molecular weight excluding hydrogens is 302 g/mol. The Bertz CT molecular complexity index is 682. The number of fused-ring (bicyclic) bond motifs is 1. The first-order chi connectivity index (χ1) is 11.1. The monoisotopic (exact) mass is 321 g/mol. The molecule has 0 bridgehead atoms. The molecule has 0 aliphatic rings. The number of anilines is 1. The lowest BCUT2D eigenvalue weighted by Crippen LogP contribution is -2.29. The molecular formula is C14H19N5O4. The van der Waals surface area contributed by atoms with Crippen molar-refractivity contribution < 1.29 is 19.1 Å². The maximum Gasteiger partial charge on any atom is 0.320 e. The van der Waals surface area contributed by atoms with Gasteiger partial charge in [-0.3, -0.25) is 9.59 Å². The second-order valence-electron chi connectivity index (χ2n) is 4.72. The first-order valence-electron chi connectivity index (χ1n) is 7.33. The number of carbonyl (C=O) groups excluding carboxylic acids is 2. The maximum atomic E-state index is 11.9. The minimum Gasteiger partial charge on any atom is -0.465 e. The molecule has 0 saturated carbocycles. The van der Waals surface area contributed by atoms with E-state index in [1.165, 1.54) is 6.20 Å². The third-order valence-electron chi connectivity index (χ3n) is 3.18. The molecule has 0 amide bonds. The number of carbonyl (C=O) groups is 2. The maximum absolute atomic E-state index is 11.9. The van der Waals surface area contributed by atoms with Crippen LogP contribution in [0.4, 0.5) is 5.95 Å². The van der Waals surface area contributed by atoms with Gasteiger partial charge in [-0.25, -0.2) is 9.97 Å². The minimum atomic E-state index is -0.980. The summed E-state index contributed by atoms with van der Waals surface area (Å²) in [7, 11) is 0. The van der Waals surface area contributed by atoms with E-state index in [9.17, 15) is 9.59 Å². The van der Waals surface area contributed by atoms with Gasteiger partial charge < -0.3 is 19.8 Å². The third kappa shape index (κ3) is 3.93. The molecule has 0 spiro atoms. The van der Waals surface area contributed by atoms with Crippen molar-refractivity contribution in [3.63, 3.8) is 0 Å². The fourth-order valence-electron chi connectivity index (χ4n) is 2.12. The molecule has 0 atom stereocenters. The van der Waals surface area contributed by atoms with Crippen molar-refractivity contribution in [2.24, 2.45) is 5.92 Å². The Morgan fingerprint density at radius 3 is 2.48 bits per heavy atom. The van der Waals surface area contributed by atoms with Crippen molar-refractivity contribution in [2.45, 2.75) is 26.8 Å². The van der Waals surface area contributed by atoms with Crippen LogP contribution in [-0.2, 0) is 25.6 Å². The van der Waals surface area contributed by atoms with E-state index in [1.807, 2.05) is 0 Å². The van der Waals surface area contributed by atoms with E-state index in [-0.39, 0.29) is 25.6 Å². The summed E-state index contributed by atoms with van der Waals surface area (Å²) in [5.41, 5.74) is 6.70. The van der Waals surface area contributed by atoms with E-state index >= 15 is 0 Å². The summed E-state index contributed by atoms with van der Waals surface area (Å²) < 4.78 is 11.6. The fraction of sp³-hybridized carbons (Fsp3) is 0.500. The Kier molecular flexibility index (Phi) is 5.45. The van der Waals surface area contributed by atoms with Crippen LogP contribution in [0, 0.1) is 5.92 Å². The Balaban J connectivity index is 2.14. The molecule has 9 heteroatoms. The lowest BCUT2D eigenvalue weighted by atomic mass is 10.1. The van der Waals surface area contributed by atoms with E-state index in [4.69, 9.17) is 15.2 Å². The number of nitrogens with two attached hydrogens (primary N) is 1. The van der Waals surface area contributed by atoms with Gasteiger partial charge in [-0.2, -0.15) is 4.98 Å². The van der Waals surface area contributed by atoms with Gasteiger partial charge in [-0.05, 0) is 20.3 Å². The number of ether oxygens (including phenoxy) is 2. The van der Waals surface area contributed by atoms with E-state index in [1.54, 1.807) is 24.7 Å². The number of esters is 2. The molecule has 2 heterocycles. The number of aryl methyl sites for hydroxylation is 1. The molecule has 0 aliphatic carbocycles. The molecule has 2 N–H and O–H groups in total. The highest BCUT2D eigenvalue weighted by Crippen LogP contribution is 2.15. The van der Waals surface area contributed by atoms with Crippen LogP contribution < -0.4 is 5.73 Å². The van der Waals surface area contributed by atoms with Crippen LogP contribution in [0.2, 0.25) is 0 Å². The van der Waals surface area contributed by atoms with Crippen molar-refractivity contribution in [3.8, 4) is 0 Å². The predicted octanol–water partition coefficient (Wildman–Crippen LogP) is 0.541. The van der Waals surface area contributed by atoms with Crippen LogP contribution >= 0.6 is 0 Å². The molecule has 0 aliphatic heterocycles. The summed E-state index contributed by atoms with van der Waals surface area (Å²) >= 11 is 0. The molecule has 0 radical (unpaired) electrons. The van der Waals surface area contributed by atoms with Crippen molar-refractivity contribution >= 4 is 29.1 Å². The van der Waals surface area contributed by atoms with Gasteiger partial charge in [0.25, 0.3) is 0 Å². The molecule has 2 aromatic heterocycles. The Morgan fingerprint density at radius 2 is 1.87 bits per heavy atom. The number of hydrogen-bond acceptors (Lipinski definition) is 8. The zero-order valence-corrected chi connectivity index (χ0v) is 13.1. The molecule has 2 rings (SSSR count). The van der Waals surface area contributed by atoms with Crippen LogP contribution in [0.1, 0.15) is 20.3 Å². The highest BCUT2D eigenvalue weighted by molar-refractivity contribution is 5.94. The smallest absolute Gasteiger partial charge is 0.320 e. The summed E-state index contributed by atoms with van der Waals surface area (Å²) in [5.74, 6) is -2.04. The topological polar surface area (TPSA) is 122 Å². The SMILES string of the molecule is CCOC(=O)C(CCn1cnc2cnc(N)nc21)C(=O)OCC. The van der Waals surface area contributed by atoms with E-state index < -0.39 is 17.9 Å². The molecule has 0 saturated heterocycles. The van der Waals surface area contributed by atoms with Crippen LogP contribution in [-0.4, -0.2) is 44.7 Å². The molecule has 9 nitrogen and oxygen atoms in total. The van der Waals surface area contributed by atoms with Gasteiger partial charge in [0.15, 0.2) is 11.6 Å². The van der Waals surface area contributed by atoms with Gasteiger partial charge in [0.05, 0.1) is 25.7 Å².